The summed E-state index contributed by atoms with van der Waals surface area (Å²) in [6, 6.07) is 15.8. The Balaban J connectivity index is 1.54. The Morgan fingerprint density at radius 3 is 2.56 bits per heavy atom. The van der Waals surface area contributed by atoms with Crippen molar-refractivity contribution in [3.8, 4) is 5.69 Å². The first-order valence-corrected chi connectivity index (χ1v) is 12.1. The van der Waals surface area contributed by atoms with Crippen molar-refractivity contribution in [2.45, 2.75) is 20.3 Å². The van der Waals surface area contributed by atoms with Gasteiger partial charge in [0.1, 0.15) is 0 Å². The van der Waals surface area contributed by atoms with Gasteiger partial charge in [-0.05, 0) is 62.2 Å². The molecular formula is C27H31ClN4O2. The Labute approximate surface area is 206 Å². The maximum atomic E-state index is 13.4. The van der Waals surface area contributed by atoms with Crippen molar-refractivity contribution in [2.24, 2.45) is 0 Å². The van der Waals surface area contributed by atoms with E-state index in [0.29, 0.717) is 18.7 Å². The molecule has 1 aliphatic heterocycles. The van der Waals surface area contributed by atoms with Crippen LogP contribution >= 0.6 is 11.6 Å². The lowest BCUT2D eigenvalue weighted by molar-refractivity contribution is 0.0759. The summed E-state index contributed by atoms with van der Waals surface area (Å²) in [7, 11) is 0. The van der Waals surface area contributed by atoms with Crippen molar-refractivity contribution in [3.63, 3.8) is 0 Å². The Kier molecular flexibility index (Phi) is 7.83. The van der Waals surface area contributed by atoms with E-state index in [1.54, 1.807) is 0 Å². The monoisotopic (exact) mass is 478 g/mol. The van der Waals surface area contributed by atoms with Crippen LogP contribution in [0.3, 0.4) is 0 Å². The number of nitrogens with zero attached hydrogens (tertiary/aromatic N) is 4. The van der Waals surface area contributed by atoms with Gasteiger partial charge in [-0.3, -0.25) is 9.69 Å². The third kappa shape index (κ3) is 5.58. The number of aliphatic hydroxyl groups excluding tert-OH is 1. The summed E-state index contributed by atoms with van der Waals surface area (Å²) < 4.78 is 1.86. The summed E-state index contributed by atoms with van der Waals surface area (Å²) in [6.45, 7) is 7.71. The molecule has 0 saturated carbocycles. The fraction of sp³-hybridized carbons (Fsp3) is 0.333. The van der Waals surface area contributed by atoms with Gasteiger partial charge in [-0.25, -0.2) is 4.68 Å². The number of hydrogen-bond acceptors (Lipinski definition) is 4. The van der Waals surface area contributed by atoms with E-state index in [-0.39, 0.29) is 12.5 Å². The number of halogens is 1. The SMILES string of the molecule is Cc1nn(-c2cccc(/C=C/c3ccc(Cl)cc3)c2)c(C)c1C(=O)N1CCCN(CCO)CC1. The summed E-state index contributed by atoms with van der Waals surface area (Å²) >= 11 is 5.97. The number of rotatable bonds is 6. The summed E-state index contributed by atoms with van der Waals surface area (Å²) in [4.78, 5) is 17.6. The second-order valence-electron chi connectivity index (χ2n) is 8.65. The van der Waals surface area contributed by atoms with Gasteiger partial charge in [-0.1, -0.05) is 48.0 Å². The first kappa shape index (κ1) is 24.2. The normalized spacial score (nSPS) is 15.1. The molecule has 34 heavy (non-hydrogen) atoms. The van der Waals surface area contributed by atoms with E-state index in [1.165, 1.54) is 0 Å². The largest absolute Gasteiger partial charge is 0.395 e. The van der Waals surface area contributed by atoms with Gasteiger partial charge in [-0.15, -0.1) is 0 Å². The van der Waals surface area contributed by atoms with Crippen molar-refractivity contribution >= 4 is 29.7 Å². The zero-order valence-corrected chi connectivity index (χ0v) is 20.5. The molecule has 1 amide bonds. The van der Waals surface area contributed by atoms with Crippen LogP contribution in [0.2, 0.25) is 5.02 Å². The number of β-amino-alcohol motifs (C(OH)–C–C–N with tert-alkyl or cyclic N) is 1. The maximum absolute atomic E-state index is 13.4. The lowest BCUT2D eigenvalue weighted by Crippen LogP contribution is -2.36. The minimum Gasteiger partial charge on any atom is -0.395 e. The van der Waals surface area contributed by atoms with Crippen LogP contribution in [-0.4, -0.2) is 69.9 Å². The van der Waals surface area contributed by atoms with Gasteiger partial charge in [0.2, 0.25) is 0 Å². The van der Waals surface area contributed by atoms with Gasteiger partial charge in [-0.2, -0.15) is 5.10 Å². The summed E-state index contributed by atoms with van der Waals surface area (Å²) in [6.07, 6.45) is 5.00. The predicted octanol–water partition coefficient (Wildman–Crippen LogP) is 4.45. The number of aryl methyl sites for hydroxylation is 1. The molecule has 3 aromatic rings. The molecule has 1 aromatic heterocycles. The maximum Gasteiger partial charge on any atom is 0.257 e. The predicted molar refractivity (Wildman–Crippen MR) is 137 cm³/mol. The molecule has 1 N–H and O–H groups in total. The van der Waals surface area contributed by atoms with Crippen LogP contribution in [-0.2, 0) is 0 Å². The highest BCUT2D eigenvalue weighted by molar-refractivity contribution is 6.30. The lowest BCUT2D eigenvalue weighted by Gasteiger charge is -2.21. The summed E-state index contributed by atoms with van der Waals surface area (Å²) in [5.74, 6) is 0.0332. The summed E-state index contributed by atoms with van der Waals surface area (Å²) in [5, 5.41) is 14.7. The van der Waals surface area contributed by atoms with Crippen molar-refractivity contribution < 1.29 is 9.90 Å². The molecule has 7 heteroatoms. The molecule has 4 rings (SSSR count). The first-order chi connectivity index (χ1) is 16.5. The van der Waals surface area contributed by atoms with E-state index in [1.807, 2.05) is 72.0 Å². The van der Waals surface area contributed by atoms with Crippen LogP contribution in [0.4, 0.5) is 0 Å². The second kappa shape index (κ2) is 11.0. The molecule has 1 fully saturated rings. The molecular weight excluding hydrogens is 448 g/mol. The number of hydrogen-bond donors (Lipinski definition) is 1. The molecule has 0 aliphatic carbocycles. The minimum atomic E-state index is 0.0332. The van der Waals surface area contributed by atoms with Crippen LogP contribution < -0.4 is 0 Å². The topological polar surface area (TPSA) is 61.6 Å². The van der Waals surface area contributed by atoms with E-state index in [9.17, 15) is 9.90 Å². The van der Waals surface area contributed by atoms with E-state index >= 15 is 0 Å². The molecule has 1 saturated heterocycles. The molecule has 178 valence electrons. The van der Waals surface area contributed by atoms with Crippen LogP contribution in [0.15, 0.2) is 48.5 Å². The molecule has 0 spiro atoms. The van der Waals surface area contributed by atoms with Crippen molar-refractivity contribution in [3.05, 3.63) is 81.6 Å². The smallest absolute Gasteiger partial charge is 0.257 e. The second-order valence-corrected chi connectivity index (χ2v) is 9.08. The van der Waals surface area contributed by atoms with Crippen molar-refractivity contribution in [1.82, 2.24) is 19.6 Å². The molecule has 0 radical (unpaired) electrons. The van der Waals surface area contributed by atoms with Crippen LogP contribution in [0.5, 0.6) is 0 Å². The van der Waals surface area contributed by atoms with Crippen molar-refractivity contribution in [2.75, 3.05) is 39.3 Å². The van der Waals surface area contributed by atoms with Crippen LogP contribution in [0.1, 0.15) is 39.3 Å². The highest BCUT2D eigenvalue weighted by atomic mass is 35.5. The quantitative estimate of drug-likeness (QED) is 0.531. The van der Waals surface area contributed by atoms with Gasteiger partial charge in [0.25, 0.3) is 5.91 Å². The van der Waals surface area contributed by atoms with Gasteiger partial charge in [0.15, 0.2) is 0 Å². The molecule has 1 aliphatic rings. The van der Waals surface area contributed by atoms with Crippen LogP contribution in [0.25, 0.3) is 17.8 Å². The van der Waals surface area contributed by atoms with Gasteiger partial charge < -0.3 is 10.0 Å². The number of amides is 1. The van der Waals surface area contributed by atoms with E-state index in [4.69, 9.17) is 16.7 Å². The Morgan fingerprint density at radius 1 is 1.03 bits per heavy atom. The van der Waals surface area contributed by atoms with Crippen molar-refractivity contribution in [1.29, 1.82) is 0 Å². The number of carbonyl (C=O) groups excluding carboxylic acids is 1. The molecule has 0 unspecified atom stereocenters. The van der Waals surface area contributed by atoms with E-state index in [2.05, 4.69) is 17.0 Å². The standard InChI is InChI=1S/C27H31ClN4O2/c1-20-26(27(34)31-14-4-13-30(15-16-31)17-18-33)21(2)32(29-20)25-6-3-5-23(19-25)8-7-22-9-11-24(28)12-10-22/h3,5-12,19,33H,4,13-18H2,1-2H3/b8-7+. The third-order valence-corrected chi connectivity index (χ3v) is 6.50. The molecule has 2 heterocycles. The molecule has 0 atom stereocenters. The molecule has 0 bridgehead atoms. The Hall–Kier alpha value is -2.93. The lowest BCUT2D eigenvalue weighted by atomic mass is 10.1. The van der Waals surface area contributed by atoms with E-state index < -0.39 is 0 Å². The van der Waals surface area contributed by atoms with Gasteiger partial charge in [0, 0.05) is 31.2 Å². The minimum absolute atomic E-state index is 0.0332. The van der Waals surface area contributed by atoms with Gasteiger partial charge in [0.05, 0.1) is 29.2 Å². The number of carbonyl (C=O) groups is 1. The average molecular weight is 479 g/mol. The fourth-order valence-corrected chi connectivity index (χ4v) is 4.55. The average Bonchev–Trinajstić information content (AvgIpc) is 2.98. The first-order valence-electron chi connectivity index (χ1n) is 11.7. The van der Waals surface area contributed by atoms with Gasteiger partial charge >= 0.3 is 0 Å². The fourth-order valence-electron chi connectivity index (χ4n) is 4.43. The number of aromatic nitrogens is 2. The van der Waals surface area contributed by atoms with E-state index in [0.717, 1.165) is 59.3 Å². The highest BCUT2D eigenvalue weighted by Crippen LogP contribution is 2.22. The molecule has 6 nitrogen and oxygen atoms in total. The highest BCUT2D eigenvalue weighted by Gasteiger charge is 2.26. The Morgan fingerprint density at radius 2 is 1.79 bits per heavy atom. The third-order valence-electron chi connectivity index (χ3n) is 6.25. The summed E-state index contributed by atoms with van der Waals surface area (Å²) in [5.41, 5.74) is 5.30. The number of aliphatic hydroxyl groups is 1. The van der Waals surface area contributed by atoms with Crippen LogP contribution in [0, 0.1) is 13.8 Å². The zero-order valence-electron chi connectivity index (χ0n) is 19.7. The Bertz CT molecular complexity index is 1170. The zero-order chi connectivity index (χ0) is 24.1. The molecule has 2 aromatic carbocycles. The number of benzene rings is 2.